The second-order valence-corrected chi connectivity index (χ2v) is 18.8. The maximum absolute atomic E-state index is 2.65. The average molecular weight is 817 g/mol. The molecule has 2 aliphatic heterocycles. The van der Waals surface area contributed by atoms with Gasteiger partial charge >= 0.3 is 0 Å². The van der Waals surface area contributed by atoms with Crippen LogP contribution < -0.4 is 32.8 Å². The van der Waals surface area contributed by atoms with E-state index in [0.29, 0.717) is 0 Å². The van der Waals surface area contributed by atoms with Crippen molar-refractivity contribution in [3.8, 4) is 33.6 Å². The summed E-state index contributed by atoms with van der Waals surface area (Å²) in [5, 5.41) is 5.18. The van der Waals surface area contributed by atoms with Gasteiger partial charge in [-0.2, -0.15) is 0 Å². The molecule has 64 heavy (non-hydrogen) atoms. The summed E-state index contributed by atoms with van der Waals surface area (Å²) in [6.07, 6.45) is 0. The van der Waals surface area contributed by atoms with E-state index in [4.69, 9.17) is 0 Å². The first-order valence-corrected chi connectivity index (χ1v) is 22.8. The van der Waals surface area contributed by atoms with Crippen molar-refractivity contribution < 1.29 is 0 Å². The quantitative estimate of drug-likeness (QED) is 0.157. The van der Waals surface area contributed by atoms with Crippen LogP contribution in [0.5, 0.6) is 0 Å². The minimum absolute atomic E-state index is 0.0443. The molecular formula is C60H46B2N2. The molecule has 0 aliphatic carbocycles. The molecule has 0 unspecified atom stereocenters. The van der Waals surface area contributed by atoms with Gasteiger partial charge in [-0.25, -0.2) is 0 Å². The lowest BCUT2D eigenvalue weighted by Crippen LogP contribution is -2.62. The molecular weight excluding hydrogens is 770 g/mol. The zero-order valence-electron chi connectivity index (χ0n) is 37.2. The monoisotopic (exact) mass is 816 g/mol. The average Bonchev–Trinajstić information content (AvgIpc) is 3.82. The van der Waals surface area contributed by atoms with Crippen LogP contribution in [-0.4, -0.2) is 22.6 Å². The summed E-state index contributed by atoms with van der Waals surface area (Å²) < 4.78 is 5.24. The molecule has 0 bridgehead atoms. The lowest BCUT2D eigenvalue weighted by atomic mass is 9.31. The zero-order valence-corrected chi connectivity index (χ0v) is 37.2. The van der Waals surface area contributed by atoms with Crippen LogP contribution in [0.25, 0.3) is 77.2 Å². The second kappa shape index (κ2) is 13.6. The third-order valence-electron chi connectivity index (χ3n) is 14.8. The summed E-state index contributed by atoms with van der Waals surface area (Å²) in [4.78, 5) is 0. The molecule has 0 N–H and O–H groups in total. The normalized spacial score (nSPS) is 12.8. The highest BCUT2D eigenvalue weighted by molar-refractivity contribution is 7.01. The van der Waals surface area contributed by atoms with Gasteiger partial charge in [0, 0.05) is 44.0 Å². The molecule has 4 heterocycles. The zero-order chi connectivity index (χ0) is 43.1. The molecule has 0 spiro atoms. The number of rotatable bonds is 4. The van der Waals surface area contributed by atoms with Crippen molar-refractivity contribution >= 4 is 89.8 Å². The molecule has 2 aliphatic rings. The van der Waals surface area contributed by atoms with Crippen molar-refractivity contribution in [2.24, 2.45) is 0 Å². The molecule has 2 nitrogen and oxygen atoms in total. The van der Waals surface area contributed by atoms with Gasteiger partial charge in [0.1, 0.15) is 0 Å². The standard InChI is InChI=1S/C60H46B2N2/c1-35-27-37(3)57(38(4)28-35)61-49-21-13-19-45-47-31-43(41-15-9-7-10-16-41)23-25-53(47)63(59(45)49)55-34-56-52(33-51(55)61)62(58-39(5)29-36(2)30-40(58)6)50-22-14-20-46-48-32-44(42-17-11-8-12-18-42)24-26-54(48)64(56)60(46)50/h7-34H,1-6H3. The first kappa shape index (κ1) is 37.3. The molecule has 11 aromatic rings. The van der Waals surface area contributed by atoms with E-state index in [-0.39, 0.29) is 13.4 Å². The Morgan fingerprint density at radius 2 is 0.719 bits per heavy atom. The summed E-state index contributed by atoms with van der Waals surface area (Å²) in [7, 11) is 0. The number of benzene rings is 9. The summed E-state index contributed by atoms with van der Waals surface area (Å²) in [6.45, 7) is 13.9. The number of hydrogen-bond acceptors (Lipinski definition) is 0. The van der Waals surface area contributed by atoms with Crippen LogP contribution in [0.1, 0.15) is 33.4 Å². The van der Waals surface area contributed by atoms with Crippen LogP contribution in [0.2, 0.25) is 0 Å². The van der Waals surface area contributed by atoms with Gasteiger partial charge in [0.05, 0.1) is 11.0 Å². The van der Waals surface area contributed by atoms with Crippen LogP contribution in [0.4, 0.5) is 0 Å². The Bertz CT molecular complexity index is 3500. The molecule has 0 amide bonds. The first-order valence-electron chi connectivity index (χ1n) is 22.8. The van der Waals surface area contributed by atoms with Crippen LogP contribution in [0.15, 0.2) is 170 Å². The van der Waals surface area contributed by atoms with E-state index in [1.54, 1.807) is 0 Å². The smallest absolute Gasteiger partial charge is 0.247 e. The highest BCUT2D eigenvalue weighted by atomic mass is 15.0. The number of nitrogens with zero attached hydrogens (tertiary/aromatic N) is 2. The summed E-state index contributed by atoms with van der Waals surface area (Å²) in [5.74, 6) is 0. The molecule has 13 rings (SSSR count). The predicted octanol–water partition coefficient (Wildman–Crippen LogP) is 10.7. The maximum atomic E-state index is 2.65. The lowest BCUT2D eigenvalue weighted by molar-refractivity contribution is 1.15. The second-order valence-electron chi connectivity index (χ2n) is 18.8. The van der Waals surface area contributed by atoms with Crippen LogP contribution in [0, 0.1) is 41.5 Å². The van der Waals surface area contributed by atoms with E-state index in [1.807, 2.05) is 0 Å². The minimum Gasteiger partial charge on any atom is -0.310 e. The SMILES string of the molecule is Cc1cc(C)c(B2c3cc4c(cc3-n3c5ccc(-c6ccccc6)cc5c5cccc2c53)-n2c3ccc(-c5ccccc5)cc3c3cccc(c32)B4c2c(C)cc(C)cc2C)c(C)c1. The predicted molar refractivity (Wildman–Crippen MR) is 277 cm³/mol. The Hall–Kier alpha value is -7.29. The maximum Gasteiger partial charge on any atom is 0.247 e. The van der Waals surface area contributed by atoms with E-state index in [9.17, 15) is 0 Å². The van der Waals surface area contributed by atoms with Gasteiger partial charge in [-0.05, 0) is 116 Å². The molecule has 9 aromatic carbocycles. The Morgan fingerprint density at radius 1 is 0.312 bits per heavy atom. The number of hydrogen-bond donors (Lipinski definition) is 0. The fourth-order valence-corrected chi connectivity index (χ4v) is 12.5. The van der Waals surface area contributed by atoms with E-state index < -0.39 is 0 Å². The molecule has 0 saturated heterocycles. The minimum atomic E-state index is 0.0443. The van der Waals surface area contributed by atoms with Crippen LogP contribution >= 0.6 is 0 Å². The van der Waals surface area contributed by atoms with Crippen molar-refractivity contribution in [1.82, 2.24) is 9.13 Å². The van der Waals surface area contributed by atoms with Gasteiger partial charge < -0.3 is 9.13 Å². The number of aromatic nitrogens is 2. The third kappa shape index (κ3) is 5.17. The van der Waals surface area contributed by atoms with E-state index in [1.165, 1.54) is 143 Å². The third-order valence-corrected chi connectivity index (χ3v) is 14.8. The van der Waals surface area contributed by atoms with E-state index in [2.05, 4.69) is 221 Å². The van der Waals surface area contributed by atoms with Gasteiger partial charge in [-0.3, -0.25) is 0 Å². The van der Waals surface area contributed by atoms with Crippen molar-refractivity contribution in [2.45, 2.75) is 41.5 Å². The fourth-order valence-electron chi connectivity index (χ4n) is 12.5. The molecule has 302 valence electrons. The molecule has 0 atom stereocenters. The highest BCUT2D eigenvalue weighted by Crippen LogP contribution is 2.40. The molecule has 0 radical (unpaired) electrons. The van der Waals surface area contributed by atoms with Gasteiger partial charge in [0.25, 0.3) is 0 Å². The van der Waals surface area contributed by atoms with Crippen molar-refractivity contribution in [3.63, 3.8) is 0 Å². The largest absolute Gasteiger partial charge is 0.310 e. The Morgan fingerprint density at radius 3 is 1.12 bits per heavy atom. The van der Waals surface area contributed by atoms with Gasteiger partial charge in [-0.1, -0.05) is 184 Å². The summed E-state index contributed by atoms with van der Waals surface area (Å²) in [5.41, 5.74) is 28.9. The van der Waals surface area contributed by atoms with Crippen molar-refractivity contribution in [2.75, 3.05) is 0 Å². The Kier molecular flexibility index (Phi) is 7.92. The fraction of sp³-hybridized carbons (Fsp3) is 0.100. The van der Waals surface area contributed by atoms with E-state index in [0.717, 1.165) is 0 Å². The van der Waals surface area contributed by atoms with Crippen LogP contribution in [-0.2, 0) is 0 Å². The Balaban J connectivity index is 1.19. The topological polar surface area (TPSA) is 9.86 Å². The molecule has 2 aromatic heterocycles. The first-order chi connectivity index (χ1) is 31.2. The summed E-state index contributed by atoms with van der Waals surface area (Å²) in [6, 6.07) is 64.8. The van der Waals surface area contributed by atoms with Gasteiger partial charge in [-0.15, -0.1) is 0 Å². The summed E-state index contributed by atoms with van der Waals surface area (Å²) >= 11 is 0. The molecule has 0 saturated carbocycles. The Labute approximate surface area is 375 Å². The number of para-hydroxylation sites is 2. The van der Waals surface area contributed by atoms with E-state index >= 15 is 0 Å². The lowest BCUT2D eigenvalue weighted by Gasteiger charge is -2.34. The van der Waals surface area contributed by atoms with Crippen LogP contribution in [0.3, 0.4) is 0 Å². The van der Waals surface area contributed by atoms with Gasteiger partial charge in [0.15, 0.2) is 0 Å². The van der Waals surface area contributed by atoms with Crippen molar-refractivity contribution in [1.29, 1.82) is 0 Å². The number of fused-ring (bicyclic) bond motifs is 10. The van der Waals surface area contributed by atoms with Crippen molar-refractivity contribution in [3.05, 3.63) is 203 Å². The van der Waals surface area contributed by atoms with Gasteiger partial charge in [0.2, 0.25) is 13.4 Å². The molecule has 0 fully saturated rings. The number of aryl methyl sites for hydroxylation is 6. The molecule has 4 heteroatoms. The highest BCUT2D eigenvalue weighted by Gasteiger charge is 2.41.